The molecule has 2 aromatic rings. The van der Waals surface area contributed by atoms with E-state index in [1.54, 1.807) is 6.20 Å². The Bertz CT molecular complexity index is 739. The summed E-state index contributed by atoms with van der Waals surface area (Å²) in [6.45, 7) is 4.39. The highest BCUT2D eigenvalue weighted by Crippen LogP contribution is 2.44. The van der Waals surface area contributed by atoms with Gasteiger partial charge in [-0.1, -0.05) is 24.9 Å². The number of rotatable bonds is 5. The molecule has 0 spiro atoms. The minimum absolute atomic E-state index is 0.192. The number of nitrogens with two attached hydrogens (primary N) is 2. The zero-order valence-corrected chi connectivity index (χ0v) is 15.9. The average Bonchev–Trinajstić information content (AvgIpc) is 2.58. The van der Waals surface area contributed by atoms with E-state index in [1.165, 1.54) is 12.8 Å². The van der Waals surface area contributed by atoms with Crippen LogP contribution in [0.15, 0.2) is 24.4 Å². The smallest absolute Gasteiger partial charge is 0.138 e. The summed E-state index contributed by atoms with van der Waals surface area (Å²) in [7, 11) is 0. The Balaban J connectivity index is 1.74. The Labute approximate surface area is 154 Å². The molecule has 1 aromatic carbocycles. The fourth-order valence-electron chi connectivity index (χ4n) is 4.18. The fourth-order valence-corrected chi connectivity index (χ4v) is 4.39. The van der Waals surface area contributed by atoms with Crippen LogP contribution in [0.2, 0.25) is 5.02 Å². The van der Waals surface area contributed by atoms with E-state index in [0.717, 1.165) is 42.2 Å². The van der Waals surface area contributed by atoms with Crippen LogP contribution >= 0.6 is 11.6 Å². The van der Waals surface area contributed by atoms with Gasteiger partial charge in [0.25, 0.3) is 0 Å². The van der Waals surface area contributed by atoms with Crippen LogP contribution in [0.5, 0.6) is 5.75 Å². The summed E-state index contributed by atoms with van der Waals surface area (Å²) in [5.41, 5.74) is 12.5. The SMILES string of the molecule is CCC[C@]1(C(C)N)CC[C@@H](Oc2cc3ccnc(N)c3cc2Cl)CC1. The van der Waals surface area contributed by atoms with Crippen molar-refractivity contribution >= 4 is 28.2 Å². The fraction of sp³-hybridized carbons (Fsp3) is 0.550. The maximum Gasteiger partial charge on any atom is 0.138 e. The number of pyridine rings is 1. The van der Waals surface area contributed by atoms with Crippen LogP contribution in [0.1, 0.15) is 52.4 Å². The normalized spacial score (nSPS) is 25.0. The third-order valence-corrected chi connectivity index (χ3v) is 6.08. The lowest BCUT2D eigenvalue weighted by atomic mass is 9.66. The van der Waals surface area contributed by atoms with Crippen LogP contribution in [0.25, 0.3) is 10.8 Å². The summed E-state index contributed by atoms with van der Waals surface area (Å²) < 4.78 is 6.25. The first-order chi connectivity index (χ1) is 11.9. The lowest BCUT2D eigenvalue weighted by Gasteiger charge is -2.43. The van der Waals surface area contributed by atoms with E-state index in [4.69, 9.17) is 27.8 Å². The van der Waals surface area contributed by atoms with Crippen LogP contribution in [0, 0.1) is 5.41 Å². The Hall–Kier alpha value is -1.52. The van der Waals surface area contributed by atoms with Crippen molar-refractivity contribution in [2.75, 3.05) is 5.73 Å². The molecular formula is C20H28ClN3O. The number of nitrogen functional groups attached to an aromatic ring is 1. The Morgan fingerprint density at radius 1 is 1.36 bits per heavy atom. The first kappa shape index (κ1) is 18.3. The van der Waals surface area contributed by atoms with Crippen LogP contribution in [0.4, 0.5) is 5.82 Å². The highest BCUT2D eigenvalue weighted by molar-refractivity contribution is 6.33. The molecule has 0 radical (unpaired) electrons. The summed E-state index contributed by atoms with van der Waals surface area (Å²) in [6.07, 6.45) is 8.55. The van der Waals surface area contributed by atoms with Gasteiger partial charge in [-0.15, -0.1) is 0 Å². The zero-order valence-electron chi connectivity index (χ0n) is 15.1. The van der Waals surface area contributed by atoms with Gasteiger partial charge < -0.3 is 16.2 Å². The summed E-state index contributed by atoms with van der Waals surface area (Å²) in [6, 6.07) is 5.97. The molecule has 0 aliphatic heterocycles. The monoisotopic (exact) mass is 361 g/mol. The van der Waals surface area contributed by atoms with Gasteiger partial charge in [0.15, 0.2) is 0 Å². The van der Waals surface area contributed by atoms with Gasteiger partial charge in [-0.05, 0) is 68.0 Å². The maximum absolute atomic E-state index is 6.42. The molecule has 1 fully saturated rings. The minimum Gasteiger partial charge on any atom is -0.489 e. The molecular weight excluding hydrogens is 334 g/mol. The molecule has 1 heterocycles. The summed E-state index contributed by atoms with van der Waals surface area (Å²) in [5, 5.41) is 2.45. The van der Waals surface area contributed by atoms with Crippen molar-refractivity contribution in [3.8, 4) is 5.75 Å². The quantitative estimate of drug-likeness (QED) is 0.792. The highest BCUT2D eigenvalue weighted by Gasteiger charge is 2.38. The van der Waals surface area contributed by atoms with Crippen molar-refractivity contribution in [2.45, 2.75) is 64.5 Å². The Morgan fingerprint density at radius 3 is 2.72 bits per heavy atom. The van der Waals surface area contributed by atoms with Crippen molar-refractivity contribution < 1.29 is 4.74 Å². The molecule has 1 saturated carbocycles. The zero-order chi connectivity index (χ0) is 18.0. The second-order valence-corrected chi connectivity index (χ2v) is 7.83. The molecule has 136 valence electrons. The highest BCUT2D eigenvalue weighted by atomic mass is 35.5. The van der Waals surface area contributed by atoms with E-state index in [9.17, 15) is 0 Å². The summed E-state index contributed by atoms with van der Waals surface area (Å²) in [4.78, 5) is 4.11. The number of hydrogen-bond acceptors (Lipinski definition) is 4. The molecule has 25 heavy (non-hydrogen) atoms. The molecule has 1 atom stereocenters. The molecule has 1 unspecified atom stereocenters. The van der Waals surface area contributed by atoms with E-state index < -0.39 is 0 Å². The molecule has 0 amide bonds. The molecule has 1 aliphatic rings. The first-order valence-corrected chi connectivity index (χ1v) is 9.59. The topological polar surface area (TPSA) is 74.2 Å². The number of aromatic nitrogens is 1. The standard InChI is InChI=1S/C20H28ClN3O/c1-3-7-20(13(2)22)8-4-15(5-9-20)25-18-11-14-6-10-24-19(23)16(14)12-17(18)21/h6,10-13,15H,3-5,7-9,22H2,1-2H3,(H2,23,24)/t13?,15-,20+. The Kier molecular flexibility index (Phi) is 5.40. The first-order valence-electron chi connectivity index (χ1n) is 9.21. The molecule has 0 saturated heterocycles. The van der Waals surface area contributed by atoms with Gasteiger partial charge in [-0.25, -0.2) is 4.98 Å². The van der Waals surface area contributed by atoms with Gasteiger partial charge in [0.2, 0.25) is 0 Å². The average molecular weight is 362 g/mol. The molecule has 3 rings (SSSR count). The predicted octanol–water partition coefficient (Wildman–Crippen LogP) is 4.93. The number of nitrogens with zero attached hydrogens (tertiary/aromatic N) is 1. The number of benzene rings is 1. The van der Waals surface area contributed by atoms with Gasteiger partial charge in [-0.2, -0.15) is 0 Å². The molecule has 4 nitrogen and oxygen atoms in total. The third-order valence-electron chi connectivity index (χ3n) is 5.78. The number of halogens is 1. The van der Waals surface area contributed by atoms with E-state index in [0.29, 0.717) is 10.8 Å². The van der Waals surface area contributed by atoms with E-state index in [2.05, 4.69) is 18.8 Å². The third kappa shape index (κ3) is 3.70. The van der Waals surface area contributed by atoms with Crippen molar-refractivity contribution in [1.82, 2.24) is 4.98 Å². The largest absolute Gasteiger partial charge is 0.489 e. The van der Waals surface area contributed by atoms with Gasteiger partial charge in [0.1, 0.15) is 11.6 Å². The van der Waals surface area contributed by atoms with Gasteiger partial charge in [-0.3, -0.25) is 0 Å². The molecule has 0 bridgehead atoms. The second kappa shape index (κ2) is 7.38. The number of hydrogen-bond donors (Lipinski definition) is 2. The van der Waals surface area contributed by atoms with Crippen LogP contribution in [-0.4, -0.2) is 17.1 Å². The molecule has 4 N–H and O–H groups in total. The van der Waals surface area contributed by atoms with Crippen molar-refractivity contribution in [1.29, 1.82) is 0 Å². The van der Waals surface area contributed by atoms with Crippen molar-refractivity contribution in [2.24, 2.45) is 11.1 Å². The maximum atomic E-state index is 6.42. The number of anilines is 1. The second-order valence-electron chi connectivity index (χ2n) is 7.42. The molecule has 1 aliphatic carbocycles. The van der Waals surface area contributed by atoms with E-state index >= 15 is 0 Å². The van der Waals surface area contributed by atoms with Crippen LogP contribution in [0.3, 0.4) is 0 Å². The van der Waals surface area contributed by atoms with Gasteiger partial charge >= 0.3 is 0 Å². The number of ether oxygens (including phenoxy) is 1. The summed E-state index contributed by atoms with van der Waals surface area (Å²) in [5.74, 6) is 1.22. The number of fused-ring (bicyclic) bond motifs is 1. The summed E-state index contributed by atoms with van der Waals surface area (Å²) >= 11 is 6.42. The predicted molar refractivity (Wildman–Crippen MR) is 105 cm³/mol. The van der Waals surface area contributed by atoms with Gasteiger partial charge in [0, 0.05) is 17.6 Å². The van der Waals surface area contributed by atoms with E-state index in [-0.39, 0.29) is 17.6 Å². The van der Waals surface area contributed by atoms with E-state index in [1.807, 2.05) is 18.2 Å². The van der Waals surface area contributed by atoms with Crippen LogP contribution < -0.4 is 16.2 Å². The molecule has 1 aromatic heterocycles. The van der Waals surface area contributed by atoms with Crippen molar-refractivity contribution in [3.05, 3.63) is 29.4 Å². The molecule has 5 heteroatoms. The lowest BCUT2D eigenvalue weighted by Crippen LogP contribution is -2.44. The lowest BCUT2D eigenvalue weighted by molar-refractivity contribution is 0.0580. The minimum atomic E-state index is 0.192. The van der Waals surface area contributed by atoms with Crippen LogP contribution in [-0.2, 0) is 0 Å². The van der Waals surface area contributed by atoms with Gasteiger partial charge in [0.05, 0.1) is 11.1 Å². The Morgan fingerprint density at radius 2 is 2.08 bits per heavy atom. The van der Waals surface area contributed by atoms with Crippen molar-refractivity contribution in [3.63, 3.8) is 0 Å².